The maximum atomic E-state index is 13.2. The first-order valence-electron chi connectivity index (χ1n) is 10.3. The smallest absolute Gasteiger partial charge is 0.391 e. The highest BCUT2D eigenvalue weighted by molar-refractivity contribution is 6.10. The summed E-state index contributed by atoms with van der Waals surface area (Å²) in [5.41, 5.74) is 2.69. The minimum absolute atomic E-state index is 0.204. The first-order chi connectivity index (χ1) is 15.7. The molecule has 2 aromatic heterocycles. The van der Waals surface area contributed by atoms with E-state index in [2.05, 4.69) is 20.5 Å². The number of benzene rings is 1. The number of anilines is 1. The number of fused-ring (bicyclic) bond motifs is 1. The highest BCUT2D eigenvalue weighted by Gasteiger charge is 2.33. The van der Waals surface area contributed by atoms with Gasteiger partial charge in [0.05, 0.1) is 20.1 Å². The van der Waals surface area contributed by atoms with Crippen LogP contribution in [0.25, 0.3) is 11.5 Å². The first-order valence-corrected chi connectivity index (χ1v) is 10.3. The van der Waals surface area contributed by atoms with E-state index in [-0.39, 0.29) is 11.7 Å². The summed E-state index contributed by atoms with van der Waals surface area (Å²) in [6.45, 7) is 2.33. The molecule has 0 unspecified atom stereocenters. The molecule has 3 aromatic rings. The lowest BCUT2D eigenvalue weighted by atomic mass is 10.0. The van der Waals surface area contributed by atoms with Crippen molar-refractivity contribution in [3.05, 3.63) is 53.3 Å². The van der Waals surface area contributed by atoms with E-state index in [9.17, 15) is 18.0 Å². The second-order valence-corrected chi connectivity index (χ2v) is 7.85. The van der Waals surface area contributed by atoms with E-state index in [1.54, 1.807) is 31.4 Å². The number of halogens is 3. The van der Waals surface area contributed by atoms with Crippen molar-refractivity contribution in [1.29, 1.82) is 0 Å². The van der Waals surface area contributed by atoms with Gasteiger partial charge < -0.3 is 14.6 Å². The van der Waals surface area contributed by atoms with Crippen molar-refractivity contribution in [2.24, 2.45) is 0 Å². The van der Waals surface area contributed by atoms with Crippen LogP contribution in [0, 0.1) is 0 Å². The van der Waals surface area contributed by atoms with Crippen LogP contribution >= 0.6 is 0 Å². The quantitative estimate of drug-likeness (QED) is 0.578. The van der Waals surface area contributed by atoms with Crippen LogP contribution in [0.5, 0.6) is 5.75 Å². The number of pyridine rings is 1. The zero-order chi connectivity index (χ0) is 23.8. The second kappa shape index (κ2) is 8.81. The van der Waals surface area contributed by atoms with Gasteiger partial charge in [-0.2, -0.15) is 13.2 Å². The predicted octanol–water partition coefficient (Wildman–Crippen LogP) is 3.74. The minimum Gasteiger partial charge on any atom is -0.497 e. The Balaban J connectivity index is 1.67. The van der Waals surface area contributed by atoms with E-state index in [1.165, 1.54) is 22.7 Å². The fourth-order valence-corrected chi connectivity index (χ4v) is 3.99. The standard InChI is InChI=1S/C22H23F3N6O2/c1-13(9-22(23,24)25)31-12-27-29-20(31)18-5-4-6-19(28-18)30-11-17-14(10-26-2)7-15(33-3)8-16(17)21(30)32/h4-8,12-13,26H,9-11H2,1-3H3/t13-/m0/s1. The van der Waals surface area contributed by atoms with Crippen molar-refractivity contribution >= 4 is 11.7 Å². The lowest BCUT2D eigenvalue weighted by molar-refractivity contribution is -0.141. The monoisotopic (exact) mass is 460 g/mol. The molecular weight excluding hydrogens is 437 g/mol. The predicted molar refractivity (Wildman–Crippen MR) is 115 cm³/mol. The van der Waals surface area contributed by atoms with Gasteiger partial charge in [-0.25, -0.2) is 4.98 Å². The van der Waals surface area contributed by atoms with Crippen LogP contribution in [0.15, 0.2) is 36.7 Å². The largest absolute Gasteiger partial charge is 0.497 e. The lowest BCUT2D eigenvalue weighted by Crippen LogP contribution is -2.24. The Morgan fingerprint density at radius 3 is 2.76 bits per heavy atom. The van der Waals surface area contributed by atoms with Crippen molar-refractivity contribution in [3.63, 3.8) is 0 Å². The normalized spacial score (nSPS) is 14.5. The van der Waals surface area contributed by atoms with Gasteiger partial charge in [0.15, 0.2) is 5.82 Å². The van der Waals surface area contributed by atoms with E-state index >= 15 is 0 Å². The molecule has 1 aliphatic heterocycles. The van der Waals surface area contributed by atoms with Crippen molar-refractivity contribution in [2.75, 3.05) is 19.1 Å². The molecule has 1 amide bonds. The molecular formula is C22H23F3N6O2. The van der Waals surface area contributed by atoms with Crippen molar-refractivity contribution in [1.82, 2.24) is 25.1 Å². The van der Waals surface area contributed by atoms with Crippen LogP contribution in [-0.4, -0.2) is 46.0 Å². The molecule has 4 rings (SSSR count). The van der Waals surface area contributed by atoms with Gasteiger partial charge in [-0.15, -0.1) is 10.2 Å². The molecule has 0 fully saturated rings. The Kier molecular flexibility index (Phi) is 6.07. The number of amides is 1. The third-order valence-corrected chi connectivity index (χ3v) is 5.53. The van der Waals surface area contributed by atoms with Crippen LogP contribution in [0.2, 0.25) is 0 Å². The first kappa shape index (κ1) is 22.7. The maximum absolute atomic E-state index is 13.2. The summed E-state index contributed by atoms with van der Waals surface area (Å²) in [5.74, 6) is 0.942. The summed E-state index contributed by atoms with van der Waals surface area (Å²) >= 11 is 0. The number of hydrogen-bond donors (Lipinski definition) is 1. The number of nitrogens with one attached hydrogen (secondary N) is 1. The average Bonchev–Trinajstić information content (AvgIpc) is 3.38. The molecule has 0 bridgehead atoms. The van der Waals surface area contributed by atoms with Gasteiger partial charge in [0.25, 0.3) is 5.91 Å². The van der Waals surface area contributed by atoms with Crippen LogP contribution in [0.1, 0.15) is 40.9 Å². The van der Waals surface area contributed by atoms with Gasteiger partial charge in [0.1, 0.15) is 23.6 Å². The maximum Gasteiger partial charge on any atom is 0.391 e. The molecule has 0 radical (unpaired) electrons. The number of methoxy groups -OCH3 is 1. The third kappa shape index (κ3) is 4.54. The Bertz CT molecular complexity index is 1180. The molecule has 0 saturated heterocycles. The summed E-state index contributed by atoms with van der Waals surface area (Å²) in [6, 6.07) is 7.69. The van der Waals surface area contributed by atoms with Gasteiger partial charge >= 0.3 is 6.18 Å². The van der Waals surface area contributed by atoms with E-state index in [4.69, 9.17) is 4.74 Å². The zero-order valence-corrected chi connectivity index (χ0v) is 18.3. The molecule has 0 aliphatic carbocycles. The summed E-state index contributed by atoms with van der Waals surface area (Å²) in [5, 5.41) is 10.9. The van der Waals surface area contributed by atoms with Gasteiger partial charge in [0, 0.05) is 18.2 Å². The van der Waals surface area contributed by atoms with E-state index in [0.29, 0.717) is 35.9 Å². The van der Waals surface area contributed by atoms with Gasteiger partial charge in [-0.3, -0.25) is 9.69 Å². The van der Waals surface area contributed by atoms with Crippen LogP contribution in [-0.2, 0) is 13.1 Å². The molecule has 1 aromatic carbocycles. The topological polar surface area (TPSA) is 85.2 Å². The van der Waals surface area contributed by atoms with Gasteiger partial charge in [-0.1, -0.05) is 6.07 Å². The number of aromatic nitrogens is 4. The zero-order valence-electron chi connectivity index (χ0n) is 18.3. The summed E-state index contributed by atoms with van der Waals surface area (Å²) in [7, 11) is 3.37. The van der Waals surface area contributed by atoms with Gasteiger partial charge in [0.2, 0.25) is 0 Å². The Hall–Kier alpha value is -3.47. The number of nitrogens with zero attached hydrogens (tertiary/aromatic N) is 5. The fraction of sp³-hybridized carbons (Fsp3) is 0.364. The Morgan fingerprint density at radius 1 is 1.27 bits per heavy atom. The lowest BCUT2D eigenvalue weighted by Gasteiger charge is -2.18. The number of alkyl halides is 3. The Labute approximate surface area is 188 Å². The highest BCUT2D eigenvalue weighted by atomic mass is 19.4. The van der Waals surface area contributed by atoms with E-state index < -0.39 is 18.6 Å². The molecule has 8 nitrogen and oxygen atoms in total. The number of carbonyl (C=O) groups is 1. The van der Waals surface area contributed by atoms with Crippen LogP contribution in [0.3, 0.4) is 0 Å². The molecule has 1 N–H and O–H groups in total. The number of ether oxygens (including phenoxy) is 1. The van der Waals surface area contributed by atoms with Crippen molar-refractivity contribution in [2.45, 2.75) is 38.7 Å². The molecule has 11 heteroatoms. The number of rotatable bonds is 7. The van der Waals surface area contributed by atoms with Crippen LogP contribution in [0.4, 0.5) is 19.0 Å². The summed E-state index contributed by atoms with van der Waals surface area (Å²) < 4.78 is 45.3. The summed E-state index contributed by atoms with van der Waals surface area (Å²) in [4.78, 5) is 19.3. The molecule has 0 saturated carbocycles. The van der Waals surface area contributed by atoms with Crippen molar-refractivity contribution in [3.8, 4) is 17.3 Å². The van der Waals surface area contributed by atoms with Gasteiger partial charge in [-0.05, 0) is 49.4 Å². The second-order valence-electron chi connectivity index (χ2n) is 7.85. The van der Waals surface area contributed by atoms with E-state index in [0.717, 1.165) is 11.1 Å². The SMILES string of the molecule is CNCc1cc(OC)cc2c1CN(c1cccc(-c3nncn3[C@@H](C)CC(F)(F)F)n1)C2=O. The highest BCUT2D eigenvalue weighted by Crippen LogP contribution is 2.34. The molecule has 1 aliphatic rings. The number of hydrogen-bond acceptors (Lipinski definition) is 6. The minimum atomic E-state index is -4.32. The summed E-state index contributed by atoms with van der Waals surface area (Å²) in [6.07, 6.45) is -4.09. The average molecular weight is 460 g/mol. The molecule has 0 spiro atoms. The molecule has 1 atom stereocenters. The Morgan fingerprint density at radius 2 is 2.06 bits per heavy atom. The fourth-order valence-electron chi connectivity index (χ4n) is 3.99. The van der Waals surface area contributed by atoms with Crippen LogP contribution < -0.4 is 15.0 Å². The molecule has 174 valence electrons. The molecule has 33 heavy (non-hydrogen) atoms. The number of carbonyl (C=O) groups excluding carboxylic acids is 1. The molecule has 3 heterocycles. The third-order valence-electron chi connectivity index (χ3n) is 5.53. The van der Waals surface area contributed by atoms with Crippen molar-refractivity contribution < 1.29 is 22.7 Å². The van der Waals surface area contributed by atoms with E-state index in [1.807, 2.05) is 13.1 Å².